The normalized spacial score (nSPS) is 27.5. The number of nitrogens with zero attached hydrogens (tertiary/aromatic N) is 1. The van der Waals surface area contributed by atoms with Gasteiger partial charge in [-0.15, -0.1) is 0 Å². The Morgan fingerprint density at radius 2 is 1.83 bits per heavy atom. The number of amides is 2. The Morgan fingerprint density at radius 1 is 1.21 bits per heavy atom. The van der Waals surface area contributed by atoms with E-state index in [9.17, 15) is 26.7 Å². The molecule has 0 aromatic rings. The Morgan fingerprint density at radius 3 is 2.38 bits per heavy atom. The minimum absolute atomic E-state index is 0.107. The third-order valence-corrected chi connectivity index (χ3v) is 4.70. The number of piperidine rings is 1. The largest absolute Gasteiger partial charge is 0.411 e. The second-order valence-corrected chi connectivity index (χ2v) is 6.45. The summed E-state index contributed by atoms with van der Waals surface area (Å²) in [4.78, 5) is 12.0. The van der Waals surface area contributed by atoms with Gasteiger partial charge < -0.3 is 10.1 Å². The molecule has 24 heavy (non-hydrogen) atoms. The molecule has 2 rings (SSSR count). The zero-order valence-electron chi connectivity index (χ0n) is 13.4. The Bertz CT molecular complexity index is 448. The second kappa shape index (κ2) is 6.99. The van der Waals surface area contributed by atoms with Crippen molar-refractivity contribution < 1.29 is 31.5 Å². The average Bonchev–Trinajstić information content (AvgIpc) is 2.48. The topological polar surface area (TPSA) is 53.6 Å². The van der Waals surface area contributed by atoms with E-state index in [4.69, 9.17) is 4.74 Å². The van der Waals surface area contributed by atoms with Crippen LogP contribution in [-0.2, 0) is 4.74 Å². The molecule has 5 nitrogen and oxygen atoms in total. The number of urea groups is 1. The third-order valence-electron chi connectivity index (χ3n) is 4.70. The zero-order chi connectivity index (χ0) is 18.0. The van der Waals surface area contributed by atoms with E-state index in [2.05, 4.69) is 5.43 Å². The van der Waals surface area contributed by atoms with Gasteiger partial charge in [-0.05, 0) is 25.7 Å². The van der Waals surface area contributed by atoms with E-state index in [1.165, 1.54) is 12.1 Å². The van der Waals surface area contributed by atoms with Crippen LogP contribution in [0.1, 0.15) is 38.5 Å². The molecule has 2 fully saturated rings. The Balaban J connectivity index is 1.98. The summed E-state index contributed by atoms with van der Waals surface area (Å²) >= 11 is 0. The maximum atomic E-state index is 13.4. The molecule has 1 aliphatic heterocycles. The first kappa shape index (κ1) is 19.2. The zero-order valence-corrected chi connectivity index (χ0v) is 13.4. The number of methoxy groups -OCH3 is 1. The van der Waals surface area contributed by atoms with E-state index in [1.807, 2.05) is 5.32 Å². The maximum Gasteiger partial charge on any atom is 0.411 e. The van der Waals surface area contributed by atoms with Crippen molar-refractivity contribution in [3.63, 3.8) is 0 Å². The molecule has 1 unspecified atom stereocenters. The summed E-state index contributed by atoms with van der Waals surface area (Å²) in [7, 11) is 1.52. The van der Waals surface area contributed by atoms with Crippen molar-refractivity contribution >= 4 is 6.03 Å². The smallest absolute Gasteiger partial charge is 0.380 e. The number of hydrogen-bond donors (Lipinski definition) is 2. The van der Waals surface area contributed by atoms with Crippen LogP contribution in [0.15, 0.2) is 0 Å². The van der Waals surface area contributed by atoms with E-state index in [-0.39, 0.29) is 6.10 Å². The van der Waals surface area contributed by atoms with Gasteiger partial charge in [-0.1, -0.05) is 0 Å². The van der Waals surface area contributed by atoms with Crippen LogP contribution in [-0.4, -0.2) is 55.0 Å². The van der Waals surface area contributed by atoms with Crippen molar-refractivity contribution in [1.29, 1.82) is 0 Å². The van der Waals surface area contributed by atoms with Crippen molar-refractivity contribution in [1.82, 2.24) is 15.8 Å². The minimum atomic E-state index is -4.79. The lowest BCUT2D eigenvalue weighted by atomic mass is 9.79. The molecule has 1 saturated heterocycles. The molecule has 2 amide bonds. The first-order valence-electron chi connectivity index (χ1n) is 7.88. The van der Waals surface area contributed by atoms with Gasteiger partial charge in [0.15, 0.2) is 0 Å². The van der Waals surface area contributed by atoms with Gasteiger partial charge in [0.05, 0.1) is 6.10 Å². The number of ether oxygens (including phenoxy) is 1. The highest BCUT2D eigenvalue weighted by Crippen LogP contribution is 2.46. The average molecular weight is 359 g/mol. The first-order chi connectivity index (χ1) is 11.1. The van der Waals surface area contributed by atoms with Crippen molar-refractivity contribution in [3.8, 4) is 0 Å². The molecule has 0 spiro atoms. The number of hydrogen-bond acceptors (Lipinski definition) is 3. The van der Waals surface area contributed by atoms with Gasteiger partial charge in [0.25, 0.3) is 0 Å². The molecule has 10 heteroatoms. The number of nitrogens with one attached hydrogen (secondary N) is 2. The van der Waals surface area contributed by atoms with Crippen LogP contribution in [0.3, 0.4) is 0 Å². The SMILES string of the molecule is COC1CCCN(NC(=O)NC2(C(F)(F)F)CCC(F)(F)CC2)C1. The van der Waals surface area contributed by atoms with Gasteiger partial charge in [0.1, 0.15) is 5.54 Å². The van der Waals surface area contributed by atoms with E-state index < -0.39 is 49.4 Å². The molecule has 2 aliphatic rings. The molecule has 140 valence electrons. The van der Waals surface area contributed by atoms with E-state index >= 15 is 0 Å². The van der Waals surface area contributed by atoms with Gasteiger partial charge in [-0.2, -0.15) is 13.2 Å². The lowest BCUT2D eigenvalue weighted by Crippen LogP contribution is -2.65. The first-order valence-corrected chi connectivity index (χ1v) is 7.88. The lowest BCUT2D eigenvalue weighted by molar-refractivity contribution is -0.215. The number of alkyl halides is 5. The van der Waals surface area contributed by atoms with E-state index in [1.54, 1.807) is 0 Å². The number of carbonyl (C=O) groups is 1. The monoisotopic (exact) mass is 359 g/mol. The fourth-order valence-corrected chi connectivity index (χ4v) is 3.14. The van der Waals surface area contributed by atoms with Gasteiger partial charge >= 0.3 is 12.2 Å². The number of hydrazine groups is 1. The molecule has 1 saturated carbocycles. The maximum absolute atomic E-state index is 13.4. The third kappa shape index (κ3) is 4.47. The molecule has 1 aliphatic carbocycles. The summed E-state index contributed by atoms with van der Waals surface area (Å²) in [6, 6.07) is -1.03. The van der Waals surface area contributed by atoms with Crippen molar-refractivity contribution in [2.45, 2.75) is 62.3 Å². The van der Waals surface area contributed by atoms with E-state index in [0.29, 0.717) is 13.1 Å². The molecular weight excluding hydrogens is 337 g/mol. The molecular formula is C14H22F5N3O2. The number of rotatable bonds is 3. The standard InChI is InChI=1S/C14H22F5N3O2/c1-24-10-3-2-8-22(9-10)21-11(23)20-12(14(17,18)19)4-6-13(15,16)7-5-12/h10H,2-9H2,1H3,(H2,20,21,23). The fraction of sp³-hybridized carbons (Fsp3) is 0.929. The van der Waals surface area contributed by atoms with Crippen LogP contribution in [0.25, 0.3) is 0 Å². The lowest BCUT2D eigenvalue weighted by Gasteiger charge is -2.42. The molecule has 0 aromatic carbocycles. The van der Waals surface area contributed by atoms with Crippen LogP contribution >= 0.6 is 0 Å². The summed E-state index contributed by atoms with van der Waals surface area (Å²) in [5.74, 6) is -3.12. The van der Waals surface area contributed by atoms with Crippen molar-refractivity contribution in [2.75, 3.05) is 20.2 Å². The summed E-state index contributed by atoms with van der Waals surface area (Å²) in [5.41, 5.74) is -0.252. The van der Waals surface area contributed by atoms with Crippen molar-refractivity contribution in [2.24, 2.45) is 0 Å². The van der Waals surface area contributed by atoms with Crippen LogP contribution < -0.4 is 10.7 Å². The second-order valence-electron chi connectivity index (χ2n) is 6.45. The minimum Gasteiger partial charge on any atom is -0.380 e. The quantitative estimate of drug-likeness (QED) is 0.762. The molecule has 1 heterocycles. The van der Waals surface area contributed by atoms with Gasteiger partial charge in [0.2, 0.25) is 5.92 Å². The fourth-order valence-electron chi connectivity index (χ4n) is 3.14. The molecule has 0 aromatic heterocycles. The van der Waals surface area contributed by atoms with Crippen LogP contribution in [0.5, 0.6) is 0 Å². The Kier molecular flexibility index (Phi) is 5.58. The molecule has 1 atom stereocenters. The van der Waals surface area contributed by atoms with Crippen LogP contribution in [0, 0.1) is 0 Å². The molecule has 0 radical (unpaired) electrons. The van der Waals surface area contributed by atoms with Gasteiger partial charge in [-0.3, -0.25) is 5.43 Å². The summed E-state index contributed by atoms with van der Waals surface area (Å²) in [6.07, 6.45) is -6.84. The molecule has 0 bridgehead atoms. The highest BCUT2D eigenvalue weighted by molar-refractivity contribution is 5.74. The number of halogens is 5. The predicted molar refractivity (Wildman–Crippen MR) is 75.5 cm³/mol. The Hall–Kier alpha value is -1.16. The Labute approximate surface area is 136 Å². The van der Waals surface area contributed by atoms with Crippen LogP contribution in [0.2, 0.25) is 0 Å². The van der Waals surface area contributed by atoms with E-state index in [0.717, 1.165) is 12.8 Å². The van der Waals surface area contributed by atoms with Crippen molar-refractivity contribution in [3.05, 3.63) is 0 Å². The van der Waals surface area contributed by atoms with Gasteiger partial charge in [0, 0.05) is 33.0 Å². The summed E-state index contributed by atoms with van der Waals surface area (Å²) in [6.45, 7) is 0.853. The van der Waals surface area contributed by atoms with Gasteiger partial charge in [-0.25, -0.2) is 18.6 Å². The molecule has 2 N–H and O–H groups in total. The number of carbonyl (C=O) groups excluding carboxylic acids is 1. The highest BCUT2D eigenvalue weighted by Gasteiger charge is 2.59. The highest BCUT2D eigenvalue weighted by atomic mass is 19.4. The summed E-state index contributed by atoms with van der Waals surface area (Å²) in [5, 5.41) is 3.38. The predicted octanol–water partition coefficient (Wildman–Crippen LogP) is 2.82. The van der Waals surface area contributed by atoms with Crippen LogP contribution in [0.4, 0.5) is 26.7 Å². The summed E-state index contributed by atoms with van der Waals surface area (Å²) < 4.78 is 71.7.